The van der Waals surface area contributed by atoms with Crippen LogP contribution in [0.3, 0.4) is 0 Å². The molecular weight excluding hydrogens is 382 g/mol. The minimum atomic E-state index is -0.449. The van der Waals surface area contributed by atoms with Crippen LogP contribution in [0.5, 0.6) is 5.88 Å². The smallest absolute Gasteiger partial charge is 0.220 e. The Morgan fingerprint density at radius 3 is 2.97 bits per heavy atom. The van der Waals surface area contributed by atoms with Crippen LogP contribution < -0.4 is 5.32 Å². The summed E-state index contributed by atoms with van der Waals surface area (Å²) in [4.78, 5) is 17.9. The van der Waals surface area contributed by atoms with Gasteiger partial charge in [-0.15, -0.1) is 0 Å². The maximum Gasteiger partial charge on any atom is 0.220 e. The fourth-order valence-corrected chi connectivity index (χ4v) is 5.25. The third-order valence-electron chi connectivity index (χ3n) is 6.45. The normalized spacial score (nSPS) is 23.5. The number of aromatic amines is 1. The summed E-state index contributed by atoms with van der Waals surface area (Å²) >= 11 is 0. The number of amides is 1. The summed E-state index contributed by atoms with van der Waals surface area (Å²) in [5, 5.41) is 15.3. The van der Waals surface area contributed by atoms with Gasteiger partial charge in [0.05, 0.1) is 23.3 Å². The van der Waals surface area contributed by atoms with E-state index in [0.29, 0.717) is 12.2 Å². The van der Waals surface area contributed by atoms with Gasteiger partial charge in [0.25, 0.3) is 0 Å². The molecule has 3 atom stereocenters. The Labute approximate surface area is 175 Å². The number of ether oxygens (including phenoxy) is 1. The van der Waals surface area contributed by atoms with Gasteiger partial charge in [-0.25, -0.2) is 0 Å². The number of benzene rings is 1. The highest BCUT2D eigenvalue weighted by molar-refractivity contribution is 5.85. The predicted octanol–water partition coefficient (Wildman–Crippen LogP) is 4.29. The number of fused-ring (bicyclic) bond motifs is 3. The number of methoxy groups -OCH3 is 1. The number of hydrogen-bond donors (Lipinski definition) is 3. The number of aromatic nitrogens is 1. The fraction of sp³-hybridized carbons (Fsp3) is 0.435. The molecule has 0 unspecified atom stereocenters. The molecule has 1 fully saturated rings. The van der Waals surface area contributed by atoms with Crippen molar-refractivity contribution in [1.29, 1.82) is 0 Å². The maximum atomic E-state index is 13.0. The summed E-state index contributed by atoms with van der Waals surface area (Å²) in [6.07, 6.45) is 5.95. The SMILES string of the molecule is COCc1cc2cccc([C@@H]3c4c(c[nH]c4O)N[C@@H]4CCCC[C@H]4N3C(C)=O)c2o1. The molecule has 0 saturated heterocycles. The van der Waals surface area contributed by atoms with E-state index in [1.807, 2.05) is 29.2 Å². The van der Waals surface area contributed by atoms with Gasteiger partial charge in [0, 0.05) is 37.2 Å². The number of H-pyrrole nitrogens is 1. The van der Waals surface area contributed by atoms with Gasteiger partial charge in [0.15, 0.2) is 5.88 Å². The van der Waals surface area contributed by atoms with Crippen LogP contribution >= 0.6 is 0 Å². The zero-order valence-electron chi connectivity index (χ0n) is 17.3. The Kier molecular flexibility index (Phi) is 4.70. The first-order chi connectivity index (χ1) is 14.6. The largest absolute Gasteiger partial charge is 0.494 e. The third kappa shape index (κ3) is 2.96. The third-order valence-corrected chi connectivity index (χ3v) is 6.45. The Hall–Kier alpha value is -2.93. The number of para-hydroxylation sites is 1. The van der Waals surface area contributed by atoms with Gasteiger partial charge < -0.3 is 29.5 Å². The molecule has 7 nitrogen and oxygen atoms in total. The molecule has 3 N–H and O–H groups in total. The lowest BCUT2D eigenvalue weighted by Crippen LogP contribution is -2.50. The Bertz CT molecular complexity index is 1090. The molecule has 3 heterocycles. The van der Waals surface area contributed by atoms with Gasteiger partial charge in [-0.3, -0.25) is 4.79 Å². The molecule has 2 aliphatic rings. The molecule has 1 saturated carbocycles. The van der Waals surface area contributed by atoms with Gasteiger partial charge >= 0.3 is 0 Å². The first kappa shape index (κ1) is 19.1. The topological polar surface area (TPSA) is 90.7 Å². The van der Waals surface area contributed by atoms with Crippen molar-refractivity contribution in [2.24, 2.45) is 0 Å². The molecule has 1 aliphatic carbocycles. The minimum Gasteiger partial charge on any atom is -0.494 e. The van der Waals surface area contributed by atoms with Gasteiger partial charge in [0.2, 0.25) is 5.91 Å². The van der Waals surface area contributed by atoms with Crippen LogP contribution in [0.2, 0.25) is 0 Å². The Balaban J connectivity index is 1.74. The minimum absolute atomic E-state index is 0.00664. The Morgan fingerprint density at radius 2 is 2.17 bits per heavy atom. The van der Waals surface area contributed by atoms with E-state index in [4.69, 9.17) is 9.15 Å². The summed E-state index contributed by atoms with van der Waals surface area (Å²) in [6, 6.07) is 7.68. The standard InChI is InChI=1S/C23H27N3O4/c1-13(27)26-19-9-4-3-8-17(19)25-18-11-24-23(28)20(18)21(26)16-7-5-6-14-10-15(12-29-2)30-22(14)16/h5-7,10-11,17,19,21,24-25,28H,3-4,8-9,12H2,1-2H3/t17-,19-,21-/m1/s1. The summed E-state index contributed by atoms with van der Waals surface area (Å²) in [5.41, 5.74) is 3.13. The lowest BCUT2D eigenvalue weighted by molar-refractivity contribution is -0.134. The number of hydrogen-bond acceptors (Lipinski definition) is 5. The number of aromatic hydroxyl groups is 1. The molecule has 2 aromatic heterocycles. The van der Waals surface area contributed by atoms with Crippen LogP contribution in [0.4, 0.5) is 5.69 Å². The van der Waals surface area contributed by atoms with Crippen LogP contribution in [-0.2, 0) is 16.1 Å². The highest BCUT2D eigenvalue weighted by Gasteiger charge is 2.43. The highest BCUT2D eigenvalue weighted by Crippen LogP contribution is 2.47. The quantitative estimate of drug-likeness (QED) is 0.600. The van der Waals surface area contributed by atoms with Crippen molar-refractivity contribution in [1.82, 2.24) is 9.88 Å². The number of anilines is 1. The molecule has 0 bridgehead atoms. The fourth-order valence-electron chi connectivity index (χ4n) is 5.25. The van der Waals surface area contributed by atoms with Crippen molar-refractivity contribution in [3.05, 3.63) is 47.3 Å². The van der Waals surface area contributed by atoms with E-state index in [0.717, 1.165) is 53.7 Å². The molecular formula is C23H27N3O4. The van der Waals surface area contributed by atoms with E-state index in [1.165, 1.54) is 0 Å². The average Bonchev–Trinajstić information content (AvgIpc) is 3.25. The molecule has 7 heteroatoms. The number of nitrogens with one attached hydrogen (secondary N) is 2. The summed E-state index contributed by atoms with van der Waals surface area (Å²) in [7, 11) is 1.63. The second-order valence-electron chi connectivity index (χ2n) is 8.31. The van der Waals surface area contributed by atoms with Gasteiger partial charge in [-0.05, 0) is 18.9 Å². The summed E-state index contributed by atoms with van der Waals surface area (Å²) in [6.45, 7) is 1.99. The Morgan fingerprint density at radius 1 is 1.33 bits per heavy atom. The van der Waals surface area contributed by atoms with E-state index >= 15 is 0 Å². The summed E-state index contributed by atoms with van der Waals surface area (Å²) < 4.78 is 11.4. The van der Waals surface area contributed by atoms with Crippen molar-refractivity contribution >= 4 is 22.6 Å². The van der Waals surface area contributed by atoms with E-state index in [9.17, 15) is 9.90 Å². The molecule has 0 spiro atoms. The second-order valence-corrected chi connectivity index (χ2v) is 8.31. The first-order valence-corrected chi connectivity index (χ1v) is 10.5. The number of nitrogens with zero attached hydrogens (tertiary/aromatic N) is 1. The maximum absolute atomic E-state index is 13.0. The lowest BCUT2D eigenvalue weighted by atomic mass is 9.87. The molecule has 1 aliphatic heterocycles. The van der Waals surface area contributed by atoms with Gasteiger partial charge in [0.1, 0.15) is 18.0 Å². The van der Waals surface area contributed by atoms with Crippen LogP contribution in [0, 0.1) is 0 Å². The monoisotopic (exact) mass is 409 g/mol. The molecule has 158 valence electrons. The molecule has 0 radical (unpaired) electrons. The molecule has 30 heavy (non-hydrogen) atoms. The lowest BCUT2D eigenvalue weighted by Gasteiger charge is -2.41. The molecule has 5 rings (SSSR count). The first-order valence-electron chi connectivity index (χ1n) is 10.5. The van der Waals surface area contributed by atoms with E-state index in [2.05, 4.69) is 10.3 Å². The molecule has 1 aromatic carbocycles. The van der Waals surface area contributed by atoms with Crippen molar-refractivity contribution < 1.29 is 19.1 Å². The highest BCUT2D eigenvalue weighted by atomic mass is 16.5. The number of furan rings is 1. The van der Waals surface area contributed by atoms with Crippen molar-refractivity contribution in [3.63, 3.8) is 0 Å². The zero-order valence-corrected chi connectivity index (χ0v) is 17.3. The zero-order chi connectivity index (χ0) is 20.8. The van der Waals surface area contributed by atoms with Crippen LogP contribution in [0.1, 0.15) is 55.5 Å². The molecule has 3 aromatic rings. The number of carbonyl (C=O) groups is 1. The van der Waals surface area contributed by atoms with Crippen LogP contribution in [-0.4, -0.2) is 40.1 Å². The number of carbonyl (C=O) groups excluding carboxylic acids is 1. The van der Waals surface area contributed by atoms with Crippen LogP contribution in [0.25, 0.3) is 11.0 Å². The van der Waals surface area contributed by atoms with Crippen molar-refractivity contribution in [2.75, 3.05) is 12.4 Å². The second kappa shape index (κ2) is 7.40. The van der Waals surface area contributed by atoms with Crippen molar-refractivity contribution in [3.8, 4) is 5.88 Å². The number of rotatable bonds is 3. The van der Waals surface area contributed by atoms with Gasteiger partial charge in [-0.2, -0.15) is 0 Å². The van der Waals surface area contributed by atoms with E-state index < -0.39 is 6.04 Å². The van der Waals surface area contributed by atoms with E-state index in [-0.39, 0.29) is 23.9 Å². The van der Waals surface area contributed by atoms with Gasteiger partial charge in [-0.1, -0.05) is 31.0 Å². The predicted molar refractivity (Wildman–Crippen MR) is 113 cm³/mol. The van der Waals surface area contributed by atoms with E-state index in [1.54, 1.807) is 20.2 Å². The van der Waals surface area contributed by atoms with Crippen LogP contribution in [0.15, 0.2) is 34.9 Å². The molecule has 1 amide bonds. The summed E-state index contributed by atoms with van der Waals surface area (Å²) in [5.74, 6) is 0.802. The average molecular weight is 409 g/mol. The van der Waals surface area contributed by atoms with Crippen molar-refractivity contribution in [2.45, 2.75) is 57.3 Å².